The first-order valence-electron chi connectivity index (χ1n) is 7.54. The average molecular weight is 256 g/mol. The van der Waals surface area contributed by atoms with Gasteiger partial charge >= 0.3 is 0 Å². The highest BCUT2D eigenvalue weighted by Gasteiger charge is 2.25. The molecule has 1 aromatic heterocycles. The highest BCUT2D eigenvalue weighted by molar-refractivity contribution is 5.85. The molecular weight excluding hydrogens is 232 g/mol. The molecule has 1 fully saturated rings. The summed E-state index contributed by atoms with van der Waals surface area (Å²) in [6.07, 6.45) is 6.03. The first-order chi connectivity index (χ1) is 9.19. The Morgan fingerprint density at radius 2 is 2.16 bits per heavy atom. The molecule has 102 valence electrons. The van der Waals surface area contributed by atoms with Gasteiger partial charge in [-0.1, -0.05) is 19.4 Å². The number of fused-ring (bicyclic) bond motifs is 1. The monoisotopic (exact) mass is 256 g/mol. The van der Waals surface area contributed by atoms with Crippen LogP contribution < -0.4 is 5.73 Å². The maximum absolute atomic E-state index is 6.24. The van der Waals surface area contributed by atoms with Crippen LogP contribution in [0.5, 0.6) is 0 Å². The van der Waals surface area contributed by atoms with E-state index in [9.17, 15) is 0 Å². The van der Waals surface area contributed by atoms with Crippen LogP contribution in [0.15, 0.2) is 18.2 Å². The number of nitrogens with one attached hydrogen (secondary N) is 1. The topological polar surface area (TPSA) is 41.8 Å². The molecule has 3 rings (SSSR count). The smallest absolute Gasteiger partial charge is 0.0459 e. The van der Waals surface area contributed by atoms with Gasteiger partial charge in [-0.2, -0.15) is 0 Å². The minimum atomic E-state index is 0.402. The fraction of sp³-hybridized carbons (Fsp3) is 0.529. The maximum Gasteiger partial charge on any atom is 0.0459 e. The number of benzene rings is 1. The molecule has 0 radical (unpaired) electrons. The van der Waals surface area contributed by atoms with E-state index >= 15 is 0 Å². The molecule has 0 aliphatic heterocycles. The minimum absolute atomic E-state index is 0.402. The van der Waals surface area contributed by atoms with Gasteiger partial charge in [-0.3, -0.25) is 0 Å². The van der Waals surface area contributed by atoms with Crippen molar-refractivity contribution >= 4 is 10.9 Å². The Morgan fingerprint density at radius 1 is 1.32 bits per heavy atom. The molecule has 0 saturated heterocycles. The van der Waals surface area contributed by atoms with Gasteiger partial charge in [0, 0.05) is 22.6 Å². The SMILES string of the molecule is CCc1ccc2[nH]c(C)c(CC3CCCC3N)c2c1. The first kappa shape index (κ1) is 12.7. The van der Waals surface area contributed by atoms with Crippen molar-refractivity contribution in [2.24, 2.45) is 11.7 Å². The van der Waals surface area contributed by atoms with Crippen LogP contribution in [0, 0.1) is 12.8 Å². The summed E-state index contributed by atoms with van der Waals surface area (Å²) in [6, 6.07) is 7.20. The lowest BCUT2D eigenvalue weighted by molar-refractivity contribution is 0.479. The van der Waals surface area contributed by atoms with Crippen molar-refractivity contribution in [3.05, 3.63) is 35.0 Å². The first-order valence-corrected chi connectivity index (χ1v) is 7.54. The van der Waals surface area contributed by atoms with E-state index in [2.05, 4.69) is 37.0 Å². The molecule has 1 aromatic carbocycles. The second kappa shape index (κ2) is 5.01. The van der Waals surface area contributed by atoms with Gasteiger partial charge in [0.05, 0.1) is 0 Å². The number of aromatic nitrogens is 1. The summed E-state index contributed by atoms with van der Waals surface area (Å²) in [5, 5.41) is 1.41. The van der Waals surface area contributed by atoms with Gasteiger partial charge in [0.1, 0.15) is 0 Å². The van der Waals surface area contributed by atoms with Crippen molar-refractivity contribution in [3.63, 3.8) is 0 Å². The van der Waals surface area contributed by atoms with Gasteiger partial charge in [-0.15, -0.1) is 0 Å². The zero-order chi connectivity index (χ0) is 13.4. The molecule has 3 N–H and O–H groups in total. The van der Waals surface area contributed by atoms with E-state index in [1.807, 2.05) is 0 Å². The van der Waals surface area contributed by atoms with E-state index < -0.39 is 0 Å². The molecule has 0 spiro atoms. The van der Waals surface area contributed by atoms with Gasteiger partial charge in [0.2, 0.25) is 0 Å². The van der Waals surface area contributed by atoms with E-state index in [1.54, 1.807) is 0 Å². The summed E-state index contributed by atoms with van der Waals surface area (Å²) in [5.74, 6) is 0.669. The summed E-state index contributed by atoms with van der Waals surface area (Å²) < 4.78 is 0. The van der Waals surface area contributed by atoms with Crippen LogP contribution in [0.25, 0.3) is 10.9 Å². The molecule has 2 nitrogen and oxygen atoms in total. The fourth-order valence-electron chi connectivity index (χ4n) is 3.49. The Hall–Kier alpha value is -1.28. The van der Waals surface area contributed by atoms with Crippen molar-refractivity contribution in [1.82, 2.24) is 4.98 Å². The Balaban J connectivity index is 1.99. The van der Waals surface area contributed by atoms with Crippen LogP contribution >= 0.6 is 0 Å². The van der Waals surface area contributed by atoms with Crippen LogP contribution in [0.2, 0.25) is 0 Å². The van der Waals surface area contributed by atoms with Gasteiger partial charge < -0.3 is 10.7 Å². The number of hydrogen-bond acceptors (Lipinski definition) is 1. The second-order valence-electron chi connectivity index (χ2n) is 6.02. The van der Waals surface area contributed by atoms with Crippen LogP contribution in [0.3, 0.4) is 0 Å². The number of aromatic amines is 1. The molecule has 2 heteroatoms. The highest BCUT2D eigenvalue weighted by atomic mass is 14.7. The van der Waals surface area contributed by atoms with Gasteiger partial charge in [-0.05, 0) is 61.8 Å². The van der Waals surface area contributed by atoms with E-state index in [0.717, 1.165) is 12.8 Å². The third kappa shape index (κ3) is 2.30. The zero-order valence-electron chi connectivity index (χ0n) is 12.0. The molecule has 1 aliphatic carbocycles. The lowest BCUT2D eigenvalue weighted by atomic mass is 9.93. The molecule has 2 aromatic rings. The van der Waals surface area contributed by atoms with Crippen molar-refractivity contribution in [2.45, 2.75) is 52.0 Å². The average Bonchev–Trinajstić information content (AvgIpc) is 2.94. The molecule has 1 aliphatic rings. The Kier molecular flexibility index (Phi) is 3.36. The number of aryl methyl sites for hydroxylation is 2. The highest BCUT2D eigenvalue weighted by Crippen LogP contribution is 2.32. The van der Waals surface area contributed by atoms with Gasteiger partial charge in [0.25, 0.3) is 0 Å². The molecule has 19 heavy (non-hydrogen) atoms. The number of hydrogen-bond donors (Lipinski definition) is 2. The molecular formula is C17H24N2. The summed E-state index contributed by atoms with van der Waals surface area (Å²) in [6.45, 7) is 4.41. The number of nitrogens with two attached hydrogens (primary N) is 1. The number of H-pyrrole nitrogens is 1. The van der Waals surface area contributed by atoms with E-state index in [0.29, 0.717) is 12.0 Å². The predicted octanol–water partition coefficient (Wildman–Crippen LogP) is 3.71. The maximum atomic E-state index is 6.24. The molecule has 1 heterocycles. The van der Waals surface area contributed by atoms with Crippen molar-refractivity contribution in [2.75, 3.05) is 0 Å². The van der Waals surface area contributed by atoms with Crippen molar-refractivity contribution < 1.29 is 0 Å². The fourth-order valence-corrected chi connectivity index (χ4v) is 3.49. The Labute approximate surface area is 115 Å². The third-order valence-electron chi connectivity index (χ3n) is 4.78. The van der Waals surface area contributed by atoms with Crippen LogP contribution in [-0.2, 0) is 12.8 Å². The number of rotatable bonds is 3. The van der Waals surface area contributed by atoms with E-state index in [-0.39, 0.29) is 0 Å². The summed E-state index contributed by atoms with van der Waals surface area (Å²) in [5.41, 5.74) is 11.7. The van der Waals surface area contributed by atoms with E-state index in [1.165, 1.54) is 47.0 Å². The minimum Gasteiger partial charge on any atom is -0.358 e. The van der Waals surface area contributed by atoms with Crippen molar-refractivity contribution in [1.29, 1.82) is 0 Å². The van der Waals surface area contributed by atoms with Crippen LogP contribution in [0.1, 0.15) is 43.0 Å². The van der Waals surface area contributed by atoms with Gasteiger partial charge in [-0.25, -0.2) is 0 Å². The van der Waals surface area contributed by atoms with Crippen LogP contribution in [-0.4, -0.2) is 11.0 Å². The molecule has 2 atom stereocenters. The lowest BCUT2D eigenvalue weighted by Crippen LogP contribution is -2.26. The van der Waals surface area contributed by atoms with E-state index in [4.69, 9.17) is 5.73 Å². The quantitative estimate of drug-likeness (QED) is 0.863. The molecule has 0 bridgehead atoms. The summed E-state index contributed by atoms with van der Waals surface area (Å²) in [4.78, 5) is 3.53. The Bertz CT molecular complexity index is 582. The standard InChI is InChI=1S/C17H24N2/c1-3-12-7-8-17-15(9-12)14(11(2)19-17)10-13-5-4-6-16(13)18/h7-9,13,16,19H,3-6,10,18H2,1-2H3. The molecule has 1 saturated carbocycles. The summed E-state index contributed by atoms with van der Waals surface area (Å²) in [7, 11) is 0. The normalized spacial score (nSPS) is 23.3. The van der Waals surface area contributed by atoms with Crippen molar-refractivity contribution in [3.8, 4) is 0 Å². The lowest BCUT2D eigenvalue weighted by Gasteiger charge is -2.15. The zero-order valence-corrected chi connectivity index (χ0v) is 12.0. The predicted molar refractivity (Wildman–Crippen MR) is 81.4 cm³/mol. The third-order valence-corrected chi connectivity index (χ3v) is 4.78. The molecule has 0 amide bonds. The van der Waals surface area contributed by atoms with Crippen LogP contribution in [0.4, 0.5) is 0 Å². The summed E-state index contributed by atoms with van der Waals surface area (Å²) >= 11 is 0. The Morgan fingerprint density at radius 3 is 2.84 bits per heavy atom. The molecule has 2 unspecified atom stereocenters. The second-order valence-corrected chi connectivity index (χ2v) is 6.02. The van der Waals surface area contributed by atoms with Gasteiger partial charge in [0.15, 0.2) is 0 Å². The largest absolute Gasteiger partial charge is 0.358 e.